The lowest BCUT2D eigenvalue weighted by molar-refractivity contribution is 0.168. The van der Waals surface area contributed by atoms with Gasteiger partial charge in [0.05, 0.1) is 6.10 Å². The summed E-state index contributed by atoms with van der Waals surface area (Å²) in [5.74, 6) is -1.09. The summed E-state index contributed by atoms with van der Waals surface area (Å²) in [7, 11) is -1.04. The van der Waals surface area contributed by atoms with Crippen molar-refractivity contribution in [1.29, 1.82) is 0 Å². The first-order chi connectivity index (χ1) is 8.49. The summed E-state index contributed by atoms with van der Waals surface area (Å²) in [5.41, 5.74) is 1.99. The van der Waals surface area contributed by atoms with Crippen molar-refractivity contribution in [3.8, 4) is 5.75 Å². The van der Waals surface area contributed by atoms with Crippen molar-refractivity contribution in [2.45, 2.75) is 19.4 Å². The molecular weight excluding hydrogens is 234 g/mol. The van der Waals surface area contributed by atoms with Gasteiger partial charge in [-0.1, -0.05) is 24.3 Å². The van der Waals surface area contributed by atoms with Gasteiger partial charge in [-0.15, -0.1) is 0 Å². The molecule has 0 aromatic heterocycles. The van der Waals surface area contributed by atoms with Crippen molar-refractivity contribution in [2.75, 3.05) is 0 Å². The first-order valence-corrected chi connectivity index (χ1v) is 5.67. The summed E-state index contributed by atoms with van der Waals surface area (Å²) in [6.45, 7) is 5.54. The zero-order chi connectivity index (χ0) is 13.3. The average molecular weight is 248 g/mol. The van der Waals surface area contributed by atoms with E-state index < -0.39 is 24.8 Å². The highest BCUT2D eigenvalue weighted by molar-refractivity contribution is 6.54. The van der Waals surface area contributed by atoms with E-state index in [0.29, 0.717) is 17.5 Å². The van der Waals surface area contributed by atoms with E-state index in [0.717, 1.165) is 5.57 Å². The Morgan fingerprint density at radius 1 is 1.56 bits per heavy atom. The lowest BCUT2D eigenvalue weighted by Crippen LogP contribution is -2.28. The van der Waals surface area contributed by atoms with Crippen LogP contribution >= 0.6 is 0 Å². The fraction of sp³-hybridized carbons (Fsp3) is 0.231. The molecule has 94 valence electrons. The highest BCUT2D eigenvalue weighted by Gasteiger charge is 2.29. The maximum absolute atomic E-state index is 13.2. The van der Waals surface area contributed by atoms with E-state index >= 15 is 0 Å². The van der Waals surface area contributed by atoms with Gasteiger partial charge in [-0.2, -0.15) is 0 Å². The normalized spacial score (nSPS) is 19.6. The van der Waals surface area contributed by atoms with Crippen molar-refractivity contribution >= 4 is 7.12 Å². The second kappa shape index (κ2) is 4.96. The van der Waals surface area contributed by atoms with Gasteiger partial charge in [0, 0.05) is 0 Å². The van der Waals surface area contributed by atoms with Crippen LogP contribution in [-0.2, 0) is 4.65 Å². The zero-order valence-corrected chi connectivity index (χ0v) is 10.1. The molecule has 0 saturated carbocycles. The molecule has 2 N–H and O–H groups in total. The summed E-state index contributed by atoms with van der Waals surface area (Å²) >= 11 is 0. The quantitative estimate of drug-likeness (QED) is 0.790. The molecule has 0 spiro atoms. The van der Waals surface area contributed by atoms with Crippen LogP contribution in [-0.4, -0.2) is 17.2 Å². The molecule has 2 rings (SSSR count). The number of halogens is 1. The maximum atomic E-state index is 13.2. The van der Waals surface area contributed by atoms with E-state index in [1.807, 2.05) is 6.08 Å². The average Bonchev–Trinajstić information content (AvgIpc) is 2.32. The first kappa shape index (κ1) is 12.9. The molecule has 0 bridgehead atoms. The number of aromatic hydroxyl groups is 1. The largest absolute Gasteiger partial charge is 0.505 e. The van der Waals surface area contributed by atoms with Gasteiger partial charge in [-0.3, -0.25) is 0 Å². The Morgan fingerprint density at radius 2 is 2.28 bits per heavy atom. The fourth-order valence-corrected chi connectivity index (χ4v) is 1.94. The lowest BCUT2D eigenvalue weighted by atomic mass is 9.71. The third kappa shape index (κ3) is 2.47. The van der Waals surface area contributed by atoms with Crippen LogP contribution in [0.4, 0.5) is 4.39 Å². The van der Waals surface area contributed by atoms with Gasteiger partial charge < -0.3 is 14.8 Å². The summed E-state index contributed by atoms with van der Waals surface area (Å²) < 4.78 is 18.7. The second-order valence-electron chi connectivity index (χ2n) is 4.36. The van der Waals surface area contributed by atoms with Gasteiger partial charge in [0.15, 0.2) is 11.6 Å². The predicted octanol–water partition coefficient (Wildman–Crippen LogP) is 2.51. The van der Waals surface area contributed by atoms with Crippen molar-refractivity contribution < 1.29 is 19.2 Å². The number of allylic oxidation sites excluding steroid dienone is 2. The molecule has 5 heteroatoms. The Hall–Kier alpha value is -1.59. The molecule has 0 fully saturated rings. The second-order valence-corrected chi connectivity index (χ2v) is 4.36. The molecule has 0 radical (unpaired) electrons. The van der Waals surface area contributed by atoms with Gasteiger partial charge in [0.2, 0.25) is 0 Å². The Morgan fingerprint density at radius 3 is 2.83 bits per heavy atom. The summed E-state index contributed by atoms with van der Waals surface area (Å²) in [6, 6.07) is 4.07. The summed E-state index contributed by atoms with van der Waals surface area (Å²) in [5, 5.41) is 18.9. The van der Waals surface area contributed by atoms with Gasteiger partial charge in [0.25, 0.3) is 0 Å². The highest BCUT2D eigenvalue weighted by Crippen LogP contribution is 2.31. The van der Waals surface area contributed by atoms with E-state index in [2.05, 4.69) is 6.58 Å². The van der Waals surface area contributed by atoms with Gasteiger partial charge in [-0.05, 0) is 36.5 Å². The number of phenols is 1. The number of hydrogen-bond acceptors (Lipinski definition) is 3. The van der Waals surface area contributed by atoms with Crippen LogP contribution in [0.5, 0.6) is 5.75 Å². The lowest BCUT2D eigenvalue weighted by Gasteiger charge is -2.25. The van der Waals surface area contributed by atoms with Crippen LogP contribution < -0.4 is 0 Å². The van der Waals surface area contributed by atoms with E-state index in [-0.39, 0.29) is 0 Å². The minimum absolute atomic E-state index is 0.395. The van der Waals surface area contributed by atoms with Crippen LogP contribution in [0, 0.1) is 5.82 Å². The third-order valence-corrected chi connectivity index (χ3v) is 2.95. The van der Waals surface area contributed by atoms with Gasteiger partial charge in [-0.25, -0.2) is 4.39 Å². The fourth-order valence-electron chi connectivity index (χ4n) is 1.94. The summed E-state index contributed by atoms with van der Waals surface area (Å²) in [6.07, 6.45) is 1.95. The topological polar surface area (TPSA) is 49.7 Å². The number of phenolic OH excluding ortho intramolecular Hbond substituents is 1. The van der Waals surface area contributed by atoms with Crippen LogP contribution in [0.25, 0.3) is 0 Å². The van der Waals surface area contributed by atoms with Crippen LogP contribution in [0.3, 0.4) is 0 Å². The molecule has 1 heterocycles. The molecule has 1 atom stereocenters. The molecule has 3 nitrogen and oxygen atoms in total. The molecule has 1 aliphatic rings. The van der Waals surface area contributed by atoms with Crippen LogP contribution in [0.1, 0.15) is 25.0 Å². The van der Waals surface area contributed by atoms with Crippen molar-refractivity contribution in [3.05, 3.63) is 53.3 Å². The Labute approximate surface area is 105 Å². The van der Waals surface area contributed by atoms with E-state index in [1.165, 1.54) is 12.1 Å². The SMILES string of the molecule is C=C(C)C1=CCC(c2ccc(O)c(F)c2)OB1O. The standard InChI is InChI=1S/C13H14BFO3/c1-8(2)10-4-6-13(18-14(10)17)9-3-5-12(16)11(15)7-9/h3-5,7,13,16-17H,1,6H2,2H3. The summed E-state index contributed by atoms with van der Waals surface area (Å²) in [4.78, 5) is 0. The highest BCUT2D eigenvalue weighted by atomic mass is 19.1. The van der Waals surface area contributed by atoms with Crippen molar-refractivity contribution in [2.24, 2.45) is 0 Å². The monoisotopic (exact) mass is 248 g/mol. The smallest absolute Gasteiger partial charge is 0.491 e. The molecule has 1 aromatic carbocycles. The molecule has 0 saturated heterocycles. The van der Waals surface area contributed by atoms with Crippen LogP contribution in [0.2, 0.25) is 0 Å². The van der Waals surface area contributed by atoms with Crippen molar-refractivity contribution in [3.63, 3.8) is 0 Å². The molecule has 18 heavy (non-hydrogen) atoms. The number of rotatable bonds is 2. The first-order valence-electron chi connectivity index (χ1n) is 5.67. The maximum Gasteiger partial charge on any atom is 0.491 e. The van der Waals surface area contributed by atoms with E-state index in [9.17, 15) is 9.41 Å². The molecule has 1 unspecified atom stereocenters. The molecule has 1 aliphatic heterocycles. The minimum atomic E-state index is -1.04. The molecule has 1 aromatic rings. The number of hydrogen-bond donors (Lipinski definition) is 2. The minimum Gasteiger partial charge on any atom is -0.505 e. The predicted molar refractivity (Wildman–Crippen MR) is 67.4 cm³/mol. The van der Waals surface area contributed by atoms with Gasteiger partial charge >= 0.3 is 7.12 Å². The zero-order valence-electron chi connectivity index (χ0n) is 10.1. The third-order valence-electron chi connectivity index (χ3n) is 2.95. The molecular formula is C13H14BFO3. The Kier molecular flexibility index (Phi) is 3.54. The Bertz CT molecular complexity index is 513. The van der Waals surface area contributed by atoms with E-state index in [1.54, 1.807) is 13.0 Å². The Balaban J connectivity index is 2.22. The number of benzene rings is 1. The van der Waals surface area contributed by atoms with Crippen molar-refractivity contribution in [1.82, 2.24) is 0 Å². The molecule has 0 aliphatic carbocycles. The van der Waals surface area contributed by atoms with E-state index in [4.69, 9.17) is 9.76 Å². The van der Waals surface area contributed by atoms with Crippen LogP contribution in [0.15, 0.2) is 41.9 Å². The molecule has 0 amide bonds. The van der Waals surface area contributed by atoms with Gasteiger partial charge in [0.1, 0.15) is 0 Å².